The van der Waals surface area contributed by atoms with Crippen LogP contribution in [-0.4, -0.2) is 20.0 Å². The van der Waals surface area contributed by atoms with Gasteiger partial charge in [0.2, 0.25) is 0 Å². The third-order valence-electron chi connectivity index (χ3n) is 2.62. The number of aromatic nitrogens is 4. The molecule has 6 heteroatoms. The number of benzene rings is 1. The topological polar surface area (TPSA) is 43.6 Å². The van der Waals surface area contributed by atoms with Crippen LogP contribution in [0.5, 0.6) is 0 Å². The highest BCUT2D eigenvalue weighted by molar-refractivity contribution is 5.56. The molecule has 0 saturated carbocycles. The van der Waals surface area contributed by atoms with Crippen LogP contribution in [0.15, 0.2) is 48.8 Å². The van der Waals surface area contributed by atoms with Gasteiger partial charge < -0.3 is 0 Å². The van der Waals surface area contributed by atoms with Crippen molar-refractivity contribution >= 4 is 0 Å². The molecule has 0 saturated heterocycles. The third kappa shape index (κ3) is 2.08. The minimum Gasteiger partial charge on any atom is -0.255 e. The van der Waals surface area contributed by atoms with Crippen molar-refractivity contribution in [3.63, 3.8) is 0 Å². The Labute approximate surface area is 107 Å². The Morgan fingerprint density at radius 1 is 1.00 bits per heavy atom. The predicted octanol–water partition coefficient (Wildman–Crippen LogP) is 2.61. The van der Waals surface area contributed by atoms with Gasteiger partial charge in [-0.3, -0.25) is 4.98 Å². The molecule has 4 nitrogen and oxygen atoms in total. The highest BCUT2D eigenvalue weighted by atomic mass is 19.2. The molecular formula is C13H8F2N4. The zero-order valence-corrected chi connectivity index (χ0v) is 9.66. The zero-order chi connectivity index (χ0) is 13.2. The molecule has 3 aromatic rings. The summed E-state index contributed by atoms with van der Waals surface area (Å²) in [6.07, 6.45) is 3.15. The Balaban J connectivity index is 2.12. The van der Waals surface area contributed by atoms with Crippen LogP contribution >= 0.6 is 0 Å². The second kappa shape index (κ2) is 4.56. The van der Waals surface area contributed by atoms with Crippen LogP contribution in [0.2, 0.25) is 0 Å². The molecule has 0 aliphatic rings. The average molecular weight is 258 g/mol. The number of pyridine rings is 1. The van der Waals surface area contributed by atoms with Gasteiger partial charge in [0.25, 0.3) is 0 Å². The van der Waals surface area contributed by atoms with Crippen molar-refractivity contribution in [1.29, 1.82) is 0 Å². The van der Waals surface area contributed by atoms with Gasteiger partial charge in [-0.1, -0.05) is 11.3 Å². The lowest BCUT2D eigenvalue weighted by molar-refractivity contribution is 0.507. The molecule has 0 atom stereocenters. The van der Waals surface area contributed by atoms with Crippen LogP contribution in [-0.2, 0) is 0 Å². The fourth-order valence-corrected chi connectivity index (χ4v) is 1.73. The molecule has 2 heterocycles. The van der Waals surface area contributed by atoms with Crippen LogP contribution in [0.4, 0.5) is 8.78 Å². The maximum Gasteiger partial charge on any atom is 0.160 e. The van der Waals surface area contributed by atoms with Gasteiger partial charge in [0, 0.05) is 12.3 Å². The molecule has 2 aromatic heterocycles. The SMILES string of the molecule is Fc1ccc(-n2nncc2-c2ccccn2)cc1F. The molecule has 0 radical (unpaired) electrons. The molecule has 94 valence electrons. The second-order valence-electron chi connectivity index (χ2n) is 3.84. The first-order chi connectivity index (χ1) is 9.25. The lowest BCUT2D eigenvalue weighted by Gasteiger charge is -2.05. The predicted molar refractivity (Wildman–Crippen MR) is 64.5 cm³/mol. The molecule has 3 rings (SSSR count). The van der Waals surface area contributed by atoms with Gasteiger partial charge in [0.1, 0.15) is 5.69 Å². The molecule has 0 N–H and O–H groups in total. The monoisotopic (exact) mass is 258 g/mol. The quantitative estimate of drug-likeness (QED) is 0.709. The van der Waals surface area contributed by atoms with Crippen LogP contribution in [0.3, 0.4) is 0 Å². The summed E-state index contributed by atoms with van der Waals surface area (Å²) in [7, 11) is 0. The number of hydrogen-bond donors (Lipinski definition) is 0. The first-order valence-electron chi connectivity index (χ1n) is 5.53. The summed E-state index contributed by atoms with van der Waals surface area (Å²) in [4.78, 5) is 4.18. The van der Waals surface area contributed by atoms with Crippen LogP contribution in [0, 0.1) is 11.6 Å². The lowest BCUT2D eigenvalue weighted by atomic mass is 10.2. The Bertz CT molecular complexity index is 710. The minimum atomic E-state index is -0.931. The van der Waals surface area contributed by atoms with Crippen molar-refractivity contribution in [3.05, 3.63) is 60.4 Å². The molecule has 0 spiro atoms. The number of rotatable bonds is 2. The molecule has 0 unspecified atom stereocenters. The van der Waals surface area contributed by atoms with E-state index >= 15 is 0 Å². The van der Waals surface area contributed by atoms with E-state index in [9.17, 15) is 8.78 Å². The van der Waals surface area contributed by atoms with E-state index < -0.39 is 11.6 Å². The Kier molecular flexibility index (Phi) is 2.75. The Morgan fingerprint density at radius 2 is 1.89 bits per heavy atom. The van der Waals surface area contributed by atoms with Crippen molar-refractivity contribution < 1.29 is 8.78 Å². The highest BCUT2D eigenvalue weighted by Gasteiger charge is 2.11. The van der Waals surface area contributed by atoms with E-state index in [-0.39, 0.29) is 0 Å². The summed E-state index contributed by atoms with van der Waals surface area (Å²) < 4.78 is 27.6. The maximum atomic E-state index is 13.3. The van der Waals surface area contributed by atoms with Crippen molar-refractivity contribution in [1.82, 2.24) is 20.0 Å². The Hall–Kier alpha value is -2.63. The molecule has 0 aliphatic carbocycles. The van der Waals surface area contributed by atoms with Gasteiger partial charge in [-0.2, -0.15) is 0 Å². The molecule has 0 amide bonds. The molecule has 0 aliphatic heterocycles. The number of halogens is 2. The average Bonchev–Trinajstić information content (AvgIpc) is 2.92. The van der Waals surface area contributed by atoms with E-state index in [1.165, 1.54) is 16.9 Å². The number of hydrogen-bond acceptors (Lipinski definition) is 3. The van der Waals surface area contributed by atoms with E-state index in [0.717, 1.165) is 12.1 Å². The summed E-state index contributed by atoms with van der Waals surface area (Å²) in [5.41, 5.74) is 1.64. The fourth-order valence-electron chi connectivity index (χ4n) is 1.73. The van der Waals surface area contributed by atoms with Gasteiger partial charge in [0.05, 0.1) is 17.6 Å². The lowest BCUT2D eigenvalue weighted by Crippen LogP contribution is -2.01. The van der Waals surface area contributed by atoms with Gasteiger partial charge in [0.15, 0.2) is 11.6 Å². The third-order valence-corrected chi connectivity index (χ3v) is 2.62. The van der Waals surface area contributed by atoms with E-state index in [4.69, 9.17) is 0 Å². The molecular weight excluding hydrogens is 250 g/mol. The van der Waals surface area contributed by atoms with Crippen molar-refractivity contribution in [2.24, 2.45) is 0 Å². The summed E-state index contributed by atoms with van der Waals surface area (Å²) in [5.74, 6) is -1.83. The zero-order valence-electron chi connectivity index (χ0n) is 9.66. The summed E-state index contributed by atoms with van der Waals surface area (Å²) in [6, 6.07) is 8.94. The summed E-state index contributed by atoms with van der Waals surface area (Å²) in [5, 5.41) is 7.65. The van der Waals surface area contributed by atoms with Crippen molar-refractivity contribution in [2.45, 2.75) is 0 Å². The minimum absolute atomic E-state index is 0.386. The van der Waals surface area contributed by atoms with Crippen molar-refractivity contribution in [3.8, 4) is 17.1 Å². The van der Waals surface area contributed by atoms with Crippen LogP contribution in [0.1, 0.15) is 0 Å². The summed E-state index contributed by atoms with van der Waals surface area (Å²) >= 11 is 0. The fraction of sp³-hybridized carbons (Fsp3) is 0. The molecule has 0 fully saturated rings. The van der Waals surface area contributed by atoms with Crippen LogP contribution < -0.4 is 0 Å². The first kappa shape index (κ1) is 11.5. The molecule has 0 bridgehead atoms. The highest BCUT2D eigenvalue weighted by Crippen LogP contribution is 2.20. The van der Waals surface area contributed by atoms with E-state index in [0.29, 0.717) is 17.1 Å². The normalized spacial score (nSPS) is 10.6. The number of nitrogens with zero attached hydrogens (tertiary/aromatic N) is 4. The van der Waals surface area contributed by atoms with E-state index in [1.807, 2.05) is 6.07 Å². The summed E-state index contributed by atoms with van der Waals surface area (Å²) in [6.45, 7) is 0. The molecule has 1 aromatic carbocycles. The largest absolute Gasteiger partial charge is 0.255 e. The van der Waals surface area contributed by atoms with E-state index in [1.54, 1.807) is 18.3 Å². The first-order valence-corrected chi connectivity index (χ1v) is 5.53. The Morgan fingerprint density at radius 3 is 2.63 bits per heavy atom. The molecule has 19 heavy (non-hydrogen) atoms. The van der Waals surface area contributed by atoms with Gasteiger partial charge >= 0.3 is 0 Å². The standard InChI is InChI=1S/C13H8F2N4/c14-10-5-4-9(7-11(10)15)19-13(8-17-18-19)12-3-1-2-6-16-12/h1-8H. The smallest absolute Gasteiger partial charge is 0.160 e. The van der Waals surface area contributed by atoms with Crippen LogP contribution in [0.25, 0.3) is 17.1 Å². The van der Waals surface area contributed by atoms with Gasteiger partial charge in [-0.15, -0.1) is 5.10 Å². The van der Waals surface area contributed by atoms with Gasteiger partial charge in [-0.05, 0) is 24.3 Å². The second-order valence-corrected chi connectivity index (χ2v) is 3.84. The maximum absolute atomic E-state index is 13.3. The van der Waals surface area contributed by atoms with Gasteiger partial charge in [-0.25, -0.2) is 13.5 Å². The van der Waals surface area contributed by atoms with Crippen molar-refractivity contribution in [2.75, 3.05) is 0 Å². The van der Waals surface area contributed by atoms with E-state index in [2.05, 4.69) is 15.3 Å².